The summed E-state index contributed by atoms with van der Waals surface area (Å²) in [5.74, 6) is 0.555. The number of likely N-dealkylation sites (tertiary alicyclic amines) is 1. The van der Waals surface area contributed by atoms with Gasteiger partial charge in [0.05, 0.1) is 18.8 Å². The molecule has 1 amide bonds. The molecule has 6 nitrogen and oxygen atoms in total. The first-order chi connectivity index (χ1) is 14.1. The molecule has 1 aromatic heterocycles. The van der Waals surface area contributed by atoms with Crippen molar-refractivity contribution in [2.45, 2.75) is 12.5 Å². The third-order valence-electron chi connectivity index (χ3n) is 5.08. The van der Waals surface area contributed by atoms with E-state index in [-0.39, 0.29) is 17.5 Å². The molecule has 148 valence electrons. The molecule has 7 heteroatoms. The van der Waals surface area contributed by atoms with E-state index in [0.29, 0.717) is 41.5 Å². The number of hydrogen-bond donors (Lipinski definition) is 0. The molecule has 1 atom stereocenters. The molecule has 0 saturated carbocycles. The number of amides is 1. The lowest BCUT2D eigenvalue weighted by Crippen LogP contribution is -2.32. The molecular formula is C22H20ClN3O3. The van der Waals surface area contributed by atoms with Gasteiger partial charge in [-0.3, -0.25) is 9.59 Å². The van der Waals surface area contributed by atoms with Crippen LogP contribution in [0.5, 0.6) is 5.75 Å². The van der Waals surface area contributed by atoms with Crippen molar-refractivity contribution in [3.8, 4) is 17.0 Å². The van der Waals surface area contributed by atoms with E-state index >= 15 is 0 Å². The predicted molar refractivity (Wildman–Crippen MR) is 111 cm³/mol. The van der Waals surface area contributed by atoms with Crippen molar-refractivity contribution < 1.29 is 9.53 Å². The molecule has 4 rings (SSSR count). The van der Waals surface area contributed by atoms with Crippen LogP contribution in [0.3, 0.4) is 0 Å². The number of rotatable bonds is 4. The topological polar surface area (TPSA) is 64.4 Å². The van der Waals surface area contributed by atoms with Crippen LogP contribution in [0.1, 0.15) is 22.8 Å². The van der Waals surface area contributed by atoms with Gasteiger partial charge in [0.2, 0.25) is 0 Å². The maximum Gasteiger partial charge on any atom is 0.267 e. The number of halogens is 1. The lowest BCUT2D eigenvalue weighted by molar-refractivity contribution is 0.0786. The molecule has 0 aliphatic carbocycles. The van der Waals surface area contributed by atoms with Crippen molar-refractivity contribution in [2.75, 3.05) is 20.2 Å². The summed E-state index contributed by atoms with van der Waals surface area (Å²) < 4.78 is 6.88. The lowest BCUT2D eigenvalue weighted by Gasteiger charge is -2.18. The van der Waals surface area contributed by atoms with Crippen LogP contribution in [0.2, 0.25) is 5.02 Å². The van der Waals surface area contributed by atoms with Crippen LogP contribution in [-0.2, 0) is 0 Å². The van der Waals surface area contributed by atoms with Gasteiger partial charge in [-0.1, -0.05) is 29.8 Å². The normalized spacial score (nSPS) is 16.1. The molecule has 1 aliphatic heterocycles. The maximum absolute atomic E-state index is 12.7. The van der Waals surface area contributed by atoms with E-state index in [0.717, 1.165) is 5.56 Å². The highest BCUT2D eigenvalue weighted by Crippen LogP contribution is 2.31. The molecule has 0 bridgehead atoms. The number of hydrogen-bond acceptors (Lipinski definition) is 4. The average molecular weight is 410 g/mol. The summed E-state index contributed by atoms with van der Waals surface area (Å²) in [6.07, 6.45) is 0.673. The Bertz CT molecular complexity index is 1100. The van der Waals surface area contributed by atoms with Gasteiger partial charge < -0.3 is 9.64 Å². The number of benzene rings is 2. The minimum atomic E-state index is -0.194. The highest BCUT2D eigenvalue weighted by molar-refractivity contribution is 6.30. The summed E-state index contributed by atoms with van der Waals surface area (Å²) >= 11 is 6.05. The summed E-state index contributed by atoms with van der Waals surface area (Å²) in [6.45, 7) is 1.03. The van der Waals surface area contributed by atoms with Crippen LogP contribution in [0.15, 0.2) is 65.5 Å². The highest BCUT2D eigenvalue weighted by atomic mass is 35.5. The zero-order valence-electron chi connectivity index (χ0n) is 15.9. The fourth-order valence-corrected chi connectivity index (χ4v) is 3.76. The number of ether oxygens (including phenoxy) is 1. The molecule has 0 spiro atoms. The summed E-state index contributed by atoms with van der Waals surface area (Å²) in [6, 6.07) is 17.4. The van der Waals surface area contributed by atoms with Gasteiger partial charge in [-0.15, -0.1) is 0 Å². The SMILES string of the molecule is COc1cc(Cl)ccc1-c1ccc(=O)n(C2CCN(C(=O)c3ccccc3)C2)n1. The Morgan fingerprint density at radius 1 is 1.14 bits per heavy atom. The van der Waals surface area contributed by atoms with Crippen molar-refractivity contribution in [1.29, 1.82) is 0 Å². The van der Waals surface area contributed by atoms with Gasteiger partial charge >= 0.3 is 0 Å². The largest absolute Gasteiger partial charge is 0.496 e. The van der Waals surface area contributed by atoms with Crippen LogP contribution < -0.4 is 10.3 Å². The molecule has 2 aromatic carbocycles. The highest BCUT2D eigenvalue weighted by Gasteiger charge is 2.29. The van der Waals surface area contributed by atoms with Crippen molar-refractivity contribution in [3.63, 3.8) is 0 Å². The van der Waals surface area contributed by atoms with E-state index < -0.39 is 0 Å². The van der Waals surface area contributed by atoms with E-state index in [1.807, 2.05) is 24.3 Å². The monoisotopic (exact) mass is 409 g/mol. The zero-order valence-corrected chi connectivity index (χ0v) is 16.7. The van der Waals surface area contributed by atoms with Crippen LogP contribution >= 0.6 is 11.6 Å². The minimum Gasteiger partial charge on any atom is -0.496 e. The summed E-state index contributed by atoms with van der Waals surface area (Å²) in [5, 5.41) is 5.13. The molecule has 1 saturated heterocycles. The Kier molecular flexibility index (Phi) is 5.36. The molecule has 1 fully saturated rings. The lowest BCUT2D eigenvalue weighted by atomic mass is 10.1. The zero-order chi connectivity index (χ0) is 20.4. The summed E-state index contributed by atoms with van der Waals surface area (Å²) in [4.78, 5) is 27.0. The fraction of sp³-hybridized carbons (Fsp3) is 0.227. The third kappa shape index (κ3) is 3.89. The molecule has 1 aliphatic rings. The first-order valence-electron chi connectivity index (χ1n) is 9.35. The van der Waals surface area contributed by atoms with Crippen LogP contribution in [-0.4, -0.2) is 40.8 Å². The average Bonchev–Trinajstić information content (AvgIpc) is 3.24. The Hall–Kier alpha value is -3.12. The van der Waals surface area contributed by atoms with Gasteiger partial charge in [0.25, 0.3) is 11.5 Å². The molecule has 0 radical (unpaired) electrons. The molecule has 3 aromatic rings. The van der Waals surface area contributed by atoms with Crippen LogP contribution in [0, 0.1) is 0 Å². The van der Waals surface area contributed by atoms with Gasteiger partial charge in [-0.05, 0) is 42.8 Å². The number of carbonyl (C=O) groups is 1. The van der Waals surface area contributed by atoms with Crippen molar-refractivity contribution in [2.24, 2.45) is 0 Å². The van der Waals surface area contributed by atoms with Crippen LogP contribution in [0.4, 0.5) is 0 Å². The number of aromatic nitrogens is 2. The summed E-state index contributed by atoms with van der Waals surface area (Å²) in [5.41, 5.74) is 1.82. The number of methoxy groups -OCH3 is 1. The Labute approximate surface area is 173 Å². The maximum atomic E-state index is 12.7. The fourth-order valence-electron chi connectivity index (χ4n) is 3.60. The smallest absolute Gasteiger partial charge is 0.267 e. The Balaban J connectivity index is 1.61. The number of carbonyl (C=O) groups excluding carboxylic acids is 1. The Morgan fingerprint density at radius 3 is 2.69 bits per heavy atom. The van der Waals surface area contributed by atoms with E-state index in [9.17, 15) is 9.59 Å². The van der Waals surface area contributed by atoms with E-state index in [2.05, 4.69) is 5.10 Å². The van der Waals surface area contributed by atoms with E-state index in [1.54, 1.807) is 42.3 Å². The van der Waals surface area contributed by atoms with Crippen molar-refractivity contribution in [3.05, 3.63) is 81.6 Å². The Morgan fingerprint density at radius 2 is 1.93 bits per heavy atom. The number of nitrogens with zero attached hydrogens (tertiary/aromatic N) is 3. The van der Waals surface area contributed by atoms with Gasteiger partial charge in [-0.25, -0.2) is 4.68 Å². The first kappa shape index (κ1) is 19.2. The van der Waals surface area contributed by atoms with E-state index in [4.69, 9.17) is 16.3 Å². The molecule has 0 N–H and O–H groups in total. The van der Waals surface area contributed by atoms with Gasteiger partial charge in [0.1, 0.15) is 5.75 Å². The minimum absolute atomic E-state index is 0.0309. The first-order valence-corrected chi connectivity index (χ1v) is 9.72. The second-order valence-corrected chi connectivity index (χ2v) is 7.34. The molecular weight excluding hydrogens is 390 g/mol. The van der Waals surface area contributed by atoms with Crippen LogP contribution in [0.25, 0.3) is 11.3 Å². The third-order valence-corrected chi connectivity index (χ3v) is 5.32. The second-order valence-electron chi connectivity index (χ2n) is 6.91. The molecule has 2 heterocycles. The van der Waals surface area contributed by atoms with Gasteiger partial charge in [0.15, 0.2) is 0 Å². The molecule has 1 unspecified atom stereocenters. The quantitative estimate of drug-likeness (QED) is 0.659. The summed E-state index contributed by atoms with van der Waals surface area (Å²) in [7, 11) is 1.56. The van der Waals surface area contributed by atoms with Gasteiger partial charge in [-0.2, -0.15) is 5.10 Å². The van der Waals surface area contributed by atoms with Crippen molar-refractivity contribution in [1.82, 2.24) is 14.7 Å². The van der Waals surface area contributed by atoms with Crippen molar-refractivity contribution >= 4 is 17.5 Å². The molecule has 29 heavy (non-hydrogen) atoms. The van der Waals surface area contributed by atoms with Gasteiger partial charge in [0, 0.05) is 35.3 Å². The predicted octanol–water partition coefficient (Wildman–Crippen LogP) is 3.66. The second kappa shape index (κ2) is 8.09. The van der Waals surface area contributed by atoms with E-state index in [1.165, 1.54) is 10.7 Å². The standard InChI is InChI=1S/C22H20ClN3O3/c1-29-20-13-16(23)7-8-18(20)19-9-10-21(27)26(24-19)17-11-12-25(14-17)22(28)15-5-3-2-4-6-15/h2-10,13,17H,11-12,14H2,1H3.